The molecule has 0 saturated carbocycles. The molecule has 0 radical (unpaired) electrons. The van der Waals surface area contributed by atoms with E-state index in [4.69, 9.17) is 4.74 Å². The normalized spacial score (nSPS) is 11.6. The van der Waals surface area contributed by atoms with E-state index in [1.807, 2.05) is 60.9 Å². The maximum absolute atomic E-state index is 13.2. The number of sulfonamides is 1. The molecular weight excluding hydrogens is 532 g/mol. The third-order valence-electron chi connectivity index (χ3n) is 6.38. The molecule has 3 aromatic carbocycles. The largest absolute Gasteiger partial charge is 0.496 e. The molecule has 0 saturated heterocycles. The number of carbonyl (C=O) groups is 1. The molecule has 1 aromatic heterocycles. The highest BCUT2D eigenvalue weighted by atomic mass is 32.2. The number of carbonyl (C=O) groups excluding carboxylic acids is 1. The number of Topliss-reactive ketones (excluding diaryl/α,β-unsaturated/α-hetero) is 1. The average molecular weight is 565 g/mol. The van der Waals surface area contributed by atoms with E-state index in [-0.39, 0.29) is 10.7 Å². The SMILES string of the molecule is CCN(CC)S(=O)(=O)c1cccc(-c2nnc(SCc3cc(C(C)=O)ccc3OC)n2Cc2ccccc2)c1. The molecule has 0 bridgehead atoms. The molecule has 0 aliphatic rings. The van der Waals surface area contributed by atoms with Crippen LogP contribution in [0.25, 0.3) is 11.4 Å². The van der Waals surface area contributed by atoms with Gasteiger partial charge in [0.15, 0.2) is 16.8 Å². The van der Waals surface area contributed by atoms with E-state index in [9.17, 15) is 13.2 Å². The van der Waals surface area contributed by atoms with Crippen molar-refractivity contribution in [1.82, 2.24) is 19.1 Å². The minimum Gasteiger partial charge on any atom is -0.496 e. The quantitative estimate of drug-likeness (QED) is 0.165. The van der Waals surface area contributed by atoms with E-state index in [0.29, 0.717) is 53.2 Å². The minimum absolute atomic E-state index is 0.0158. The van der Waals surface area contributed by atoms with Gasteiger partial charge in [-0.1, -0.05) is 68.1 Å². The summed E-state index contributed by atoms with van der Waals surface area (Å²) in [6.45, 7) is 6.47. The zero-order valence-corrected chi connectivity index (χ0v) is 24.1. The third kappa shape index (κ3) is 6.41. The topological polar surface area (TPSA) is 94.4 Å². The van der Waals surface area contributed by atoms with Crippen LogP contribution in [0.2, 0.25) is 0 Å². The third-order valence-corrected chi connectivity index (χ3v) is 9.44. The number of ether oxygens (including phenoxy) is 1. The van der Waals surface area contributed by atoms with Gasteiger partial charge in [0, 0.05) is 35.5 Å². The summed E-state index contributed by atoms with van der Waals surface area (Å²) in [5.41, 5.74) is 3.21. The highest BCUT2D eigenvalue weighted by Crippen LogP contribution is 2.32. The maximum atomic E-state index is 13.2. The molecule has 0 amide bonds. The van der Waals surface area contributed by atoms with Crippen LogP contribution < -0.4 is 4.74 Å². The van der Waals surface area contributed by atoms with Gasteiger partial charge in [0.2, 0.25) is 10.0 Å². The van der Waals surface area contributed by atoms with Crippen LogP contribution in [-0.2, 0) is 22.3 Å². The van der Waals surface area contributed by atoms with Crippen LogP contribution in [-0.4, -0.2) is 53.5 Å². The molecule has 0 fully saturated rings. The van der Waals surface area contributed by atoms with Gasteiger partial charge in [0.05, 0.1) is 18.6 Å². The first-order valence-electron chi connectivity index (χ1n) is 12.7. The summed E-state index contributed by atoms with van der Waals surface area (Å²) < 4.78 is 35.3. The van der Waals surface area contributed by atoms with Crippen LogP contribution >= 0.6 is 11.8 Å². The first-order chi connectivity index (χ1) is 18.8. The molecule has 0 unspecified atom stereocenters. The van der Waals surface area contributed by atoms with Gasteiger partial charge < -0.3 is 4.74 Å². The fourth-order valence-electron chi connectivity index (χ4n) is 4.28. The van der Waals surface area contributed by atoms with Crippen molar-refractivity contribution >= 4 is 27.6 Å². The molecule has 4 rings (SSSR count). The molecule has 4 aromatic rings. The monoisotopic (exact) mass is 564 g/mol. The zero-order chi connectivity index (χ0) is 28.0. The lowest BCUT2D eigenvalue weighted by molar-refractivity contribution is 0.101. The van der Waals surface area contributed by atoms with Crippen molar-refractivity contribution in [2.24, 2.45) is 0 Å². The Balaban J connectivity index is 1.73. The van der Waals surface area contributed by atoms with E-state index in [2.05, 4.69) is 10.2 Å². The molecular formula is C29H32N4O4S2. The first kappa shape index (κ1) is 28.5. The lowest BCUT2D eigenvalue weighted by atomic mass is 10.1. The number of nitrogens with zero attached hydrogens (tertiary/aromatic N) is 4. The van der Waals surface area contributed by atoms with Crippen molar-refractivity contribution in [3.63, 3.8) is 0 Å². The fourth-order valence-corrected chi connectivity index (χ4v) is 6.70. The molecule has 39 heavy (non-hydrogen) atoms. The van der Waals surface area contributed by atoms with Crippen molar-refractivity contribution in [3.05, 3.63) is 89.5 Å². The summed E-state index contributed by atoms with van der Waals surface area (Å²) in [5.74, 6) is 1.75. The Morgan fingerprint density at radius 1 is 0.974 bits per heavy atom. The lowest BCUT2D eigenvalue weighted by Gasteiger charge is -2.19. The lowest BCUT2D eigenvalue weighted by Crippen LogP contribution is -2.30. The number of rotatable bonds is 12. The Bertz CT molecular complexity index is 1550. The molecule has 204 valence electrons. The molecule has 0 N–H and O–H groups in total. The first-order valence-corrected chi connectivity index (χ1v) is 15.1. The number of hydrogen-bond donors (Lipinski definition) is 0. The van der Waals surface area contributed by atoms with Crippen LogP contribution in [0, 0.1) is 0 Å². The van der Waals surface area contributed by atoms with Gasteiger partial charge in [-0.3, -0.25) is 9.36 Å². The summed E-state index contributed by atoms with van der Waals surface area (Å²) in [7, 11) is -2.03. The van der Waals surface area contributed by atoms with E-state index >= 15 is 0 Å². The Morgan fingerprint density at radius 3 is 2.38 bits per heavy atom. The van der Waals surface area contributed by atoms with Crippen LogP contribution in [0.1, 0.15) is 42.3 Å². The van der Waals surface area contributed by atoms with Gasteiger partial charge in [0.25, 0.3) is 0 Å². The molecule has 1 heterocycles. The Morgan fingerprint density at radius 2 is 1.72 bits per heavy atom. The number of thioether (sulfide) groups is 1. The van der Waals surface area contributed by atoms with Crippen LogP contribution in [0.5, 0.6) is 5.75 Å². The molecule has 0 aliphatic carbocycles. The van der Waals surface area contributed by atoms with Crippen LogP contribution in [0.4, 0.5) is 0 Å². The smallest absolute Gasteiger partial charge is 0.243 e. The van der Waals surface area contributed by atoms with E-state index in [0.717, 1.165) is 11.1 Å². The Hall–Kier alpha value is -3.47. The molecule has 0 spiro atoms. The minimum atomic E-state index is -3.63. The summed E-state index contributed by atoms with van der Waals surface area (Å²) in [5, 5.41) is 9.64. The zero-order valence-electron chi connectivity index (χ0n) is 22.5. The summed E-state index contributed by atoms with van der Waals surface area (Å²) in [4.78, 5) is 12.2. The molecule has 8 nitrogen and oxygen atoms in total. The summed E-state index contributed by atoms with van der Waals surface area (Å²) in [6, 6.07) is 22.2. The van der Waals surface area contributed by atoms with E-state index in [1.165, 1.54) is 23.0 Å². The van der Waals surface area contributed by atoms with Crippen molar-refractivity contribution < 1.29 is 17.9 Å². The number of ketones is 1. The van der Waals surface area contributed by atoms with Gasteiger partial charge in [-0.05, 0) is 42.8 Å². The predicted molar refractivity (Wildman–Crippen MR) is 154 cm³/mol. The van der Waals surface area contributed by atoms with Crippen LogP contribution in [0.15, 0.2) is 82.8 Å². The number of methoxy groups -OCH3 is 1. The summed E-state index contributed by atoms with van der Waals surface area (Å²) in [6.07, 6.45) is 0. The number of aromatic nitrogens is 3. The van der Waals surface area contributed by atoms with Gasteiger partial charge in [-0.2, -0.15) is 4.31 Å². The van der Waals surface area contributed by atoms with Crippen molar-refractivity contribution in [2.45, 2.75) is 43.1 Å². The van der Waals surface area contributed by atoms with E-state index < -0.39 is 10.0 Å². The van der Waals surface area contributed by atoms with Gasteiger partial charge in [-0.25, -0.2) is 8.42 Å². The maximum Gasteiger partial charge on any atom is 0.243 e. The van der Waals surface area contributed by atoms with Gasteiger partial charge in [-0.15, -0.1) is 10.2 Å². The molecule has 0 aliphatic heterocycles. The average Bonchev–Trinajstić information content (AvgIpc) is 3.34. The predicted octanol–water partition coefficient (Wildman–Crippen LogP) is 5.53. The second-order valence-corrected chi connectivity index (χ2v) is 11.7. The second-order valence-electron chi connectivity index (χ2n) is 8.87. The highest BCUT2D eigenvalue weighted by Gasteiger charge is 2.23. The van der Waals surface area contributed by atoms with E-state index in [1.54, 1.807) is 37.4 Å². The van der Waals surface area contributed by atoms with Crippen LogP contribution in [0.3, 0.4) is 0 Å². The number of hydrogen-bond acceptors (Lipinski definition) is 7. The molecule has 10 heteroatoms. The van der Waals surface area contributed by atoms with Crippen molar-refractivity contribution in [1.29, 1.82) is 0 Å². The van der Waals surface area contributed by atoms with Crippen molar-refractivity contribution in [2.75, 3.05) is 20.2 Å². The standard InChI is InChI=1S/C29H32N4O4S2/c1-5-32(6-2)39(35,36)26-14-10-13-24(18-26)28-30-31-29(33(28)19-22-11-8-7-9-12-22)38-20-25-17-23(21(3)34)15-16-27(25)37-4/h7-18H,5-6,19-20H2,1-4H3. The highest BCUT2D eigenvalue weighted by molar-refractivity contribution is 7.98. The van der Waals surface area contributed by atoms with Gasteiger partial charge in [0.1, 0.15) is 5.75 Å². The van der Waals surface area contributed by atoms with Gasteiger partial charge >= 0.3 is 0 Å². The fraction of sp³-hybridized carbons (Fsp3) is 0.276. The molecule has 0 atom stereocenters. The number of benzene rings is 3. The summed E-state index contributed by atoms with van der Waals surface area (Å²) >= 11 is 1.48. The Labute approximate surface area is 234 Å². The Kier molecular flexibility index (Phi) is 9.21. The second kappa shape index (κ2) is 12.6. The van der Waals surface area contributed by atoms with Crippen molar-refractivity contribution in [3.8, 4) is 17.1 Å².